The van der Waals surface area contributed by atoms with E-state index in [1.807, 2.05) is 6.08 Å². The number of carbonyl (C=O) groups is 1. The predicted octanol–water partition coefficient (Wildman–Crippen LogP) is 4.89. The minimum Gasteiger partial charge on any atom is -0.481 e. The Kier molecular flexibility index (Phi) is 5.89. The first-order valence-corrected chi connectivity index (χ1v) is 12.3. The van der Waals surface area contributed by atoms with E-state index in [0.29, 0.717) is 35.5 Å². The average Bonchev–Trinajstić information content (AvgIpc) is 3.05. The van der Waals surface area contributed by atoms with Crippen molar-refractivity contribution in [2.75, 3.05) is 0 Å². The number of aliphatic carboxylic acids is 1. The van der Waals surface area contributed by atoms with Crippen LogP contribution in [0.15, 0.2) is 12.7 Å². The molecule has 0 heterocycles. The molecule has 4 nitrogen and oxygen atoms in total. The van der Waals surface area contributed by atoms with Gasteiger partial charge in [-0.05, 0) is 97.7 Å². The first-order chi connectivity index (χ1) is 14.1. The summed E-state index contributed by atoms with van der Waals surface area (Å²) in [6.07, 6.45) is 9.79. The quantitative estimate of drug-likeness (QED) is 0.556. The number of aliphatic hydroxyl groups is 2. The van der Waals surface area contributed by atoms with Crippen molar-refractivity contribution in [2.45, 2.75) is 90.8 Å². The van der Waals surface area contributed by atoms with Crippen molar-refractivity contribution >= 4 is 5.97 Å². The maximum Gasteiger partial charge on any atom is 0.303 e. The summed E-state index contributed by atoms with van der Waals surface area (Å²) in [6, 6.07) is 0. The molecule has 0 radical (unpaired) electrons. The molecule has 3 N–H and O–H groups in total. The third-order valence-electron chi connectivity index (χ3n) is 10.7. The number of fused-ring (bicyclic) bond motifs is 5. The van der Waals surface area contributed by atoms with Crippen molar-refractivity contribution in [1.82, 2.24) is 0 Å². The average molecular weight is 419 g/mol. The minimum absolute atomic E-state index is 0.0667. The van der Waals surface area contributed by atoms with Gasteiger partial charge in [0.25, 0.3) is 0 Å². The molecule has 4 heteroatoms. The summed E-state index contributed by atoms with van der Waals surface area (Å²) in [6.45, 7) is 11.2. The van der Waals surface area contributed by atoms with Gasteiger partial charge in [0.2, 0.25) is 0 Å². The van der Waals surface area contributed by atoms with Crippen molar-refractivity contribution in [3.05, 3.63) is 12.7 Å². The summed E-state index contributed by atoms with van der Waals surface area (Å²) >= 11 is 0. The van der Waals surface area contributed by atoms with E-state index in [4.69, 9.17) is 5.11 Å². The fourth-order valence-electron chi connectivity index (χ4n) is 9.17. The first-order valence-electron chi connectivity index (χ1n) is 12.3. The molecular weight excluding hydrogens is 376 g/mol. The third-order valence-corrected chi connectivity index (χ3v) is 10.7. The van der Waals surface area contributed by atoms with Crippen molar-refractivity contribution in [2.24, 2.45) is 52.3 Å². The second-order valence-corrected chi connectivity index (χ2v) is 11.8. The molecule has 0 aromatic heterocycles. The first kappa shape index (κ1) is 22.3. The Bertz CT molecular complexity index is 676. The van der Waals surface area contributed by atoms with E-state index in [-0.39, 0.29) is 35.4 Å². The lowest BCUT2D eigenvalue weighted by atomic mass is 9.41. The second-order valence-electron chi connectivity index (χ2n) is 11.8. The summed E-state index contributed by atoms with van der Waals surface area (Å²) in [5.41, 5.74) is 0.374. The van der Waals surface area contributed by atoms with Gasteiger partial charge in [-0.1, -0.05) is 26.8 Å². The van der Waals surface area contributed by atoms with Crippen LogP contribution >= 0.6 is 0 Å². The van der Waals surface area contributed by atoms with Crippen LogP contribution in [0.2, 0.25) is 0 Å². The van der Waals surface area contributed by atoms with Crippen LogP contribution in [-0.2, 0) is 4.79 Å². The molecule has 30 heavy (non-hydrogen) atoms. The monoisotopic (exact) mass is 418 g/mol. The molecule has 4 saturated carbocycles. The van der Waals surface area contributed by atoms with E-state index >= 15 is 0 Å². The highest BCUT2D eigenvalue weighted by molar-refractivity contribution is 5.66. The lowest BCUT2D eigenvalue weighted by Crippen LogP contribution is -2.61. The predicted molar refractivity (Wildman–Crippen MR) is 118 cm³/mol. The van der Waals surface area contributed by atoms with E-state index < -0.39 is 5.97 Å². The van der Waals surface area contributed by atoms with Gasteiger partial charge in [-0.3, -0.25) is 4.79 Å². The molecule has 4 aliphatic carbocycles. The van der Waals surface area contributed by atoms with Crippen molar-refractivity contribution in [1.29, 1.82) is 0 Å². The zero-order valence-electron chi connectivity index (χ0n) is 19.1. The fourth-order valence-corrected chi connectivity index (χ4v) is 9.17. The zero-order valence-corrected chi connectivity index (χ0v) is 19.1. The number of hydrogen-bond acceptors (Lipinski definition) is 3. The molecular formula is C26H42O4. The molecule has 170 valence electrons. The Morgan fingerprint density at radius 1 is 1.07 bits per heavy atom. The molecule has 0 saturated heterocycles. The lowest BCUT2D eigenvalue weighted by Gasteiger charge is -2.64. The van der Waals surface area contributed by atoms with Crippen LogP contribution in [0.5, 0.6) is 0 Å². The Balaban J connectivity index is 1.62. The summed E-state index contributed by atoms with van der Waals surface area (Å²) in [7, 11) is 0. The standard InChI is InChI=1S/C26H42O4/c1-5-17-21-14-16(27)10-12-26(21,4)20-11-13-25(3)18(15(2)6-9-22(28)29)7-8-19(25)23(20)24(17)30/h5,15-21,23-24,27,30H,1,6-14H2,2-4H3,(H,28,29)/t15-,16-,17-,18-,19?,20?,21+,23?,24+,25-,26-/m1/s1. The molecule has 4 fully saturated rings. The van der Waals surface area contributed by atoms with Gasteiger partial charge in [0.1, 0.15) is 0 Å². The maximum absolute atomic E-state index is 11.6. The summed E-state index contributed by atoms with van der Waals surface area (Å²) in [5.74, 6) is 2.00. The lowest BCUT2D eigenvalue weighted by molar-refractivity contribution is -0.193. The van der Waals surface area contributed by atoms with E-state index in [9.17, 15) is 15.0 Å². The smallest absolute Gasteiger partial charge is 0.303 e. The van der Waals surface area contributed by atoms with Crippen LogP contribution in [0, 0.1) is 52.3 Å². The number of carboxylic acids is 1. The zero-order chi connectivity index (χ0) is 21.8. The van der Waals surface area contributed by atoms with E-state index in [2.05, 4.69) is 27.4 Å². The van der Waals surface area contributed by atoms with Gasteiger partial charge in [0.15, 0.2) is 0 Å². The molecule has 4 rings (SSSR count). The van der Waals surface area contributed by atoms with Gasteiger partial charge in [-0.15, -0.1) is 6.58 Å². The normalized spacial score (nSPS) is 51.4. The van der Waals surface area contributed by atoms with Gasteiger partial charge in [-0.25, -0.2) is 0 Å². The number of rotatable bonds is 5. The van der Waals surface area contributed by atoms with Crippen molar-refractivity contribution in [3.63, 3.8) is 0 Å². The molecule has 0 amide bonds. The SMILES string of the molecule is C=C[C@H]1[C@H](O)C2C3CC[C@H]([C@H](C)CCC(=O)O)[C@@]3(C)CCC2[C@@]2(C)CC[C@@H](O)C[C@@H]12. The Morgan fingerprint density at radius 3 is 2.40 bits per heavy atom. The largest absolute Gasteiger partial charge is 0.481 e. The van der Waals surface area contributed by atoms with Crippen LogP contribution in [0.3, 0.4) is 0 Å². The molecule has 4 aliphatic rings. The third kappa shape index (κ3) is 3.28. The van der Waals surface area contributed by atoms with E-state index in [1.165, 1.54) is 6.42 Å². The van der Waals surface area contributed by atoms with Crippen LogP contribution in [0.25, 0.3) is 0 Å². The minimum atomic E-state index is -0.694. The van der Waals surface area contributed by atoms with E-state index in [0.717, 1.165) is 44.9 Å². The van der Waals surface area contributed by atoms with Gasteiger partial charge < -0.3 is 15.3 Å². The molecule has 11 atom stereocenters. The molecule has 0 aromatic rings. The summed E-state index contributed by atoms with van der Waals surface area (Å²) in [4.78, 5) is 11.1. The highest BCUT2D eigenvalue weighted by Gasteiger charge is 2.64. The van der Waals surface area contributed by atoms with Gasteiger partial charge >= 0.3 is 5.97 Å². The van der Waals surface area contributed by atoms with Crippen LogP contribution < -0.4 is 0 Å². The van der Waals surface area contributed by atoms with Crippen LogP contribution in [0.4, 0.5) is 0 Å². The number of aliphatic hydroxyl groups excluding tert-OH is 2. The molecule has 0 bridgehead atoms. The highest BCUT2D eigenvalue weighted by Crippen LogP contribution is 2.69. The van der Waals surface area contributed by atoms with Gasteiger partial charge in [0.05, 0.1) is 12.2 Å². The molecule has 0 aromatic carbocycles. The van der Waals surface area contributed by atoms with Gasteiger partial charge in [-0.2, -0.15) is 0 Å². The maximum atomic E-state index is 11.6. The van der Waals surface area contributed by atoms with E-state index in [1.54, 1.807) is 0 Å². The van der Waals surface area contributed by atoms with Crippen molar-refractivity contribution in [3.8, 4) is 0 Å². The van der Waals surface area contributed by atoms with Crippen LogP contribution in [0.1, 0.15) is 78.6 Å². The number of hydrogen-bond donors (Lipinski definition) is 3. The summed E-state index contributed by atoms with van der Waals surface area (Å²) < 4.78 is 0. The Morgan fingerprint density at radius 2 is 1.73 bits per heavy atom. The molecule has 3 unspecified atom stereocenters. The Hall–Kier alpha value is -0.870. The Labute approximate surface area is 182 Å². The summed E-state index contributed by atoms with van der Waals surface area (Å²) in [5, 5.41) is 31.2. The fraction of sp³-hybridized carbons (Fsp3) is 0.885. The van der Waals surface area contributed by atoms with Crippen molar-refractivity contribution < 1.29 is 20.1 Å². The van der Waals surface area contributed by atoms with Gasteiger partial charge in [0, 0.05) is 12.3 Å². The number of carboxylic acid groups (broad SMARTS) is 1. The topological polar surface area (TPSA) is 77.8 Å². The molecule has 0 spiro atoms. The highest BCUT2D eigenvalue weighted by atomic mass is 16.4. The second kappa shape index (κ2) is 7.92. The van der Waals surface area contributed by atoms with Crippen LogP contribution in [-0.4, -0.2) is 33.5 Å². The molecule has 0 aliphatic heterocycles.